The Kier molecular flexibility index (Phi) is 11.2. The van der Waals surface area contributed by atoms with Crippen molar-refractivity contribution >= 4 is 0 Å². The molecule has 0 bridgehead atoms. The highest BCUT2D eigenvalue weighted by Gasteiger charge is 2.21. The van der Waals surface area contributed by atoms with Gasteiger partial charge in [-0.1, -0.05) is 66.2 Å². The molecule has 0 aromatic rings. The predicted molar refractivity (Wildman–Crippen MR) is 104 cm³/mol. The van der Waals surface area contributed by atoms with Crippen LogP contribution >= 0.6 is 0 Å². The molecule has 2 rings (SSSR count). The molecule has 2 nitrogen and oxygen atoms in total. The van der Waals surface area contributed by atoms with Crippen LogP contribution in [0.15, 0.2) is 0 Å². The third-order valence-electron chi connectivity index (χ3n) is 5.70. The lowest BCUT2D eigenvalue weighted by molar-refractivity contribution is 0.150. The molecule has 138 valence electrons. The maximum absolute atomic E-state index is 2.67. The number of rotatable bonds is 7. The molecule has 0 N–H and O–H groups in total. The van der Waals surface area contributed by atoms with Crippen molar-refractivity contribution in [2.75, 3.05) is 39.8 Å². The summed E-state index contributed by atoms with van der Waals surface area (Å²) in [6, 6.07) is 0. The van der Waals surface area contributed by atoms with E-state index in [1.54, 1.807) is 0 Å². The van der Waals surface area contributed by atoms with Gasteiger partial charge in [-0.25, -0.2) is 0 Å². The van der Waals surface area contributed by atoms with Crippen LogP contribution in [0.25, 0.3) is 0 Å². The zero-order valence-corrected chi connectivity index (χ0v) is 16.8. The maximum atomic E-state index is 2.67. The monoisotopic (exact) mass is 324 g/mol. The van der Waals surface area contributed by atoms with Gasteiger partial charge in [-0.05, 0) is 44.2 Å². The summed E-state index contributed by atoms with van der Waals surface area (Å²) in [5.41, 5.74) is 0. The quantitative estimate of drug-likeness (QED) is 0.588. The largest absolute Gasteiger partial charge is 0.304 e. The number of hydrogen-bond donors (Lipinski definition) is 0. The van der Waals surface area contributed by atoms with Crippen LogP contribution in [0, 0.1) is 17.8 Å². The fourth-order valence-corrected chi connectivity index (χ4v) is 4.26. The minimum absolute atomic E-state index is 0.898. The molecule has 1 aliphatic carbocycles. The topological polar surface area (TPSA) is 6.48 Å². The first-order valence-corrected chi connectivity index (χ1v) is 10.5. The van der Waals surface area contributed by atoms with Crippen molar-refractivity contribution in [2.24, 2.45) is 17.8 Å². The Balaban J connectivity index is 0.00000127. The van der Waals surface area contributed by atoms with E-state index < -0.39 is 0 Å². The van der Waals surface area contributed by atoms with E-state index in [4.69, 9.17) is 0 Å². The molecule has 0 aromatic heterocycles. The minimum atomic E-state index is 0.898. The van der Waals surface area contributed by atoms with Gasteiger partial charge < -0.3 is 9.80 Å². The normalized spacial score (nSPS) is 26.9. The van der Waals surface area contributed by atoms with Gasteiger partial charge in [0.15, 0.2) is 0 Å². The second kappa shape index (κ2) is 12.3. The zero-order valence-electron chi connectivity index (χ0n) is 16.8. The predicted octanol–water partition coefficient (Wildman–Crippen LogP) is 5.28. The van der Waals surface area contributed by atoms with Gasteiger partial charge in [-0.3, -0.25) is 0 Å². The maximum Gasteiger partial charge on any atom is 0.0110 e. The Morgan fingerprint density at radius 3 is 1.96 bits per heavy atom. The molecule has 2 heteroatoms. The highest BCUT2D eigenvalue weighted by molar-refractivity contribution is 4.74. The van der Waals surface area contributed by atoms with Crippen molar-refractivity contribution in [3.8, 4) is 0 Å². The molecule has 1 aliphatic heterocycles. The van der Waals surface area contributed by atoms with E-state index >= 15 is 0 Å². The van der Waals surface area contributed by atoms with Crippen LogP contribution in [0.1, 0.15) is 79.1 Å². The Hall–Kier alpha value is -0.0800. The summed E-state index contributed by atoms with van der Waals surface area (Å²) in [6.45, 7) is 15.2. The molecule has 0 atom stereocenters. The van der Waals surface area contributed by atoms with Gasteiger partial charge >= 0.3 is 0 Å². The number of piperazine rings is 1. The van der Waals surface area contributed by atoms with Crippen molar-refractivity contribution in [3.63, 3.8) is 0 Å². The lowest BCUT2D eigenvalue weighted by Gasteiger charge is -2.32. The lowest BCUT2D eigenvalue weighted by Crippen LogP contribution is -2.44. The van der Waals surface area contributed by atoms with Crippen molar-refractivity contribution in [1.29, 1.82) is 0 Å². The smallest absolute Gasteiger partial charge is 0.0110 e. The molecule has 0 radical (unpaired) electrons. The summed E-state index contributed by atoms with van der Waals surface area (Å²) >= 11 is 0. The van der Waals surface area contributed by atoms with Gasteiger partial charge in [0.2, 0.25) is 0 Å². The minimum Gasteiger partial charge on any atom is -0.304 e. The third-order valence-corrected chi connectivity index (χ3v) is 5.70. The Morgan fingerprint density at radius 2 is 1.39 bits per heavy atom. The first-order chi connectivity index (χ1) is 11.1. The van der Waals surface area contributed by atoms with Gasteiger partial charge in [0.1, 0.15) is 0 Å². The van der Waals surface area contributed by atoms with E-state index in [1.807, 2.05) is 13.8 Å². The molecule has 0 aromatic carbocycles. The molecule has 23 heavy (non-hydrogen) atoms. The molecule has 0 spiro atoms. The highest BCUT2D eigenvalue weighted by Crippen LogP contribution is 2.34. The van der Waals surface area contributed by atoms with Crippen LogP contribution in [-0.2, 0) is 0 Å². The summed E-state index contributed by atoms with van der Waals surface area (Å²) in [5.74, 6) is 3.00. The number of nitrogens with zero attached hydrogens (tertiary/aromatic N) is 2. The summed E-state index contributed by atoms with van der Waals surface area (Å²) < 4.78 is 0. The summed E-state index contributed by atoms with van der Waals surface area (Å²) in [4.78, 5) is 5.12. The Morgan fingerprint density at radius 1 is 0.826 bits per heavy atom. The van der Waals surface area contributed by atoms with Gasteiger partial charge in [0, 0.05) is 26.2 Å². The van der Waals surface area contributed by atoms with E-state index in [1.165, 1.54) is 84.1 Å². The first-order valence-electron chi connectivity index (χ1n) is 10.5. The Labute approximate surface area is 147 Å². The van der Waals surface area contributed by atoms with Crippen molar-refractivity contribution in [1.82, 2.24) is 9.80 Å². The molecule has 1 heterocycles. The number of likely N-dealkylation sites (N-methyl/N-ethyl adjacent to an activating group) is 1. The summed E-state index contributed by atoms with van der Waals surface area (Å²) in [6.07, 6.45) is 11.9. The standard InChI is InChI=1S/C19H38N2.C2H6/c1-17(2)16-19-9-7-18(8-10-19)6-4-5-11-21-14-12-20(3)13-15-21;1-2/h17-19H,4-16H2,1-3H3;1-2H3. The molecule has 0 unspecified atom stereocenters. The van der Waals surface area contributed by atoms with Crippen molar-refractivity contribution < 1.29 is 0 Å². The third kappa shape index (κ3) is 9.10. The molecular weight excluding hydrogens is 280 g/mol. The van der Waals surface area contributed by atoms with E-state index in [-0.39, 0.29) is 0 Å². The first kappa shape index (κ1) is 21.0. The Bertz CT molecular complexity index is 261. The van der Waals surface area contributed by atoms with Crippen LogP contribution in [0.5, 0.6) is 0 Å². The van der Waals surface area contributed by atoms with E-state index in [2.05, 4.69) is 30.7 Å². The highest BCUT2D eigenvalue weighted by atomic mass is 15.2. The van der Waals surface area contributed by atoms with Crippen LogP contribution in [0.3, 0.4) is 0 Å². The SMILES string of the molecule is CC.CC(C)CC1CCC(CCCCN2CCN(C)CC2)CC1. The van der Waals surface area contributed by atoms with Crippen LogP contribution in [-0.4, -0.2) is 49.6 Å². The second-order valence-corrected chi connectivity index (χ2v) is 8.16. The molecule has 1 saturated heterocycles. The average molecular weight is 325 g/mol. The molecule has 0 amide bonds. The summed E-state index contributed by atoms with van der Waals surface area (Å²) in [7, 11) is 2.24. The molecule has 2 fully saturated rings. The lowest BCUT2D eigenvalue weighted by atomic mass is 9.77. The number of hydrogen-bond acceptors (Lipinski definition) is 2. The van der Waals surface area contributed by atoms with Crippen molar-refractivity contribution in [2.45, 2.75) is 79.1 Å². The average Bonchev–Trinajstić information content (AvgIpc) is 2.56. The van der Waals surface area contributed by atoms with Gasteiger partial charge in [0.25, 0.3) is 0 Å². The van der Waals surface area contributed by atoms with Gasteiger partial charge in [-0.15, -0.1) is 0 Å². The summed E-state index contributed by atoms with van der Waals surface area (Å²) in [5, 5.41) is 0. The van der Waals surface area contributed by atoms with E-state index in [9.17, 15) is 0 Å². The fraction of sp³-hybridized carbons (Fsp3) is 1.00. The van der Waals surface area contributed by atoms with Gasteiger partial charge in [0.05, 0.1) is 0 Å². The molecular formula is C21H44N2. The molecule has 1 saturated carbocycles. The fourth-order valence-electron chi connectivity index (χ4n) is 4.26. The van der Waals surface area contributed by atoms with Crippen molar-refractivity contribution in [3.05, 3.63) is 0 Å². The second-order valence-electron chi connectivity index (χ2n) is 8.16. The zero-order chi connectivity index (χ0) is 17.1. The van der Waals surface area contributed by atoms with Gasteiger partial charge in [-0.2, -0.15) is 0 Å². The van der Waals surface area contributed by atoms with Crippen LogP contribution < -0.4 is 0 Å². The molecule has 2 aliphatic rings. The number of unbranched alkanes of at least 4 members (excludes halogenated alkanes) is 1. The van der Waals surface area contributed by atoms with Crippen LogP contribution in [0.4, 0.5) is 0 Å². The van der Waals surface area contributed by atoms with E-state index in [0.29, 0.717) is 0 Å². The van der Waals surface area contributed by atoms with E-state index in [0.717, 1.165) is 17.8 Å². The van der Waals surface area contributed by atoms with Crippen LogP contribution in [0.2, 0.25) is 0 Å².